The smallest absolute Gasteiger partial charge is 0.475 e. The molecule has 0 saturated carbocycles. The van der Waals surface area contributed by atoms with Gasteiger partial charge in [0.15, 0.2) is 0 Å². The number of nitrogens with zero attached hydrogens (tertiary/aromatic N) is 4. The van der Waals surface area contributed by atoms with Gasteiger partial charge >= 0.3 is 17.8 Å². The Kier molecular flexibility index (Phi) is 9.01. The average molecular weight is 553 g/mol. The Balaban J connectivity index is 0.000000532. The minimum absolute atomic E-state index is 0.0169. The lowest BCUT2D eigenvalue weighted by molar-refractivity contribution is -0.192. The van der Waals surface area contributed by atoms with Crippen LogP contribution in [0.2, 0.25) is 0 Å². The van der Waals surface area contributed by atoms with Crippen LogP contribution in [0.1, 0.15) is 23.1 Å². The van der Waals surface area contributed by atoms with Crippen LogP contribution in [0.4, 0.5) is 33.3 Å². The number of fused-ring (bicyclic) bond motifs is 1. The van der Waals surface area contributed by atoms with E-state index in [1.165, 1.54) is 10.9 Å². The third-order valence-corrected chi connectivity index (χ3v) is 5.82. The van der Waals surface area contributed by atoms with Gasteiger partial charge in [-0.15, -0.1) is 0 Å². The highest BCUT2D eigenvalue weighted by atomic mass is 19.4. The lowest BCUT2D eigenvalue weighted by Gasteiger charge is -2.31. The highest BCUT2D eigenvalue weighted by molar-refractivity contribution is 6.03. The first-order valence-corrected chi connectivity index (χ1v) is 11.5. The summed E-state index contributed by atoms with van der Waals surface area (Å²) in [5.74, 6) is -2.74. The summed E-state index contributed by atoms with van der Waals surface area (Å²) in [6, 6.07) is 13.4. The van der Waals surface area contributed by atoms with Gasteiger partial charge in [-0.05, 0) is 42.2 Å². The molecule has 2 aromatic carbocycles. The largest absolute Gasteiger partial charge is 0.490 e. The van der Waals surface area contributed by atoms with Crippen LogP contribution < -0.4 is 16.3 Å². The Bertz CT molecular complexity index is 1460. The number of aryl methyl sites for hydroxylation is 2. The molecule has 0 saturated heterocycles. The molecule has 0 bridgehead atoms. The Morgan fingerprint density at radius 1 is 1.10 bits per heavy atom. The number of hydrogen-bond donors (Lipinski definition) is 2. The minimum Gasteiger partial charge on any atom is -0.475 e. The van der Waals surface area contributed by atoms with E-state index in [9.17, 15) is 31.5 Å². The van der Waals surface area contributed by atoms with Crippen molar-refractivity contribution in [3.63, 3.8) is 0 Å². The second kappa shape index (κ2) is 12.0. The molecule has 1 aliphatic rings. The van der Waals surface area contributed by atoms with E-state index in [2.05, 4.69) is 5.10 Å². The Morgan fingerprint density at radius 2 is 1.77 bits per heavy atom. The summed E-state index contributed by atoms with van der Waals surface area (Å²) in [6.45, 7) is 1.46. The molecule has 1 amide bonds. The molecule has 0 spiro atoms. The molecule has 0 atom stereocenters. The van der Waals surface area contributed by atoms with Crippen molar-refractivity contribution < 1.29 is 36.6 Å². The molecule has 2 heterocycles. The van der Waals surface area contributed by atoms with E-state index < -0.39 is 23.9 Å². The zero-order valence-corrected chi connectivity index (χ0v) is 20.6. The number of aromatic nitrogens is 3. The van der Waals surface area contributed by atoms with Gasteiger partial charge in [-0.2, -0.15) is 27.1 Å². The number of rotatable bonds is 6. The molecule has 0 radical (unpaired) electrons. The summed E-state index contributed by atoms with van der Waals surface area (Å²) in [4.78, 5) is 36.0. The molecule has 39 heavy (non-hydrogen) atoms. The Hall–Kier alpha value is -4.33. The van der Waals surface area contributed by atoms with Gasteiger partial charge in [-0.25, -0.2) is 14.3 Å². The molecule has 3 aromatic rings. The second-order valence-corrected chi connectivity index (χ2v) is 8.55. The molecule has 1 aromatic heterocycles. The monoisotopic (exact) mass is 553 g/mol. The van der Waals surface area contributed by atoms with Crippen molar-refractivity contribution in [1.82, 2.24) is 14.3 Å². The highest BCUT2D eigenvalue weighted by Gasteiger charge is 2.38. The number of aliphatic carboxylic acids is 1. The van der Waals surface area contributed by atoms with Gasteiger partial charge in [0.25, 0.3) is 6.08 Å². The number of amides is 1. The fourth-order valence-corrected chi connectivity index (χ4v) is 3.95. The molecule has 208 valence electrons. The van der Waals surface area contributed by atoms with Crippen LogP contribution in [-0.4, -0.2) is 44.1 Å². The van der Waals surface area contributed by atoms with E-state index in [1.807, 2.05) is 49.4 Å². The SMILES string of the molecule is Cc1cccc2c1N(c1cccc(Cn3cnn(CC(CN)=C(F)F)c3=O)c1)C(=O)CC2.O=C(O)C(F)(F)F. The van der Waals surface area contributed by atoms with Gasteiger partial charge in [0, 0.05) is 24.2 Å². The van der Waals surface area contributed by atoms with Crippen molar-refractivity contribution in [3.8, 4) is 0 Å². The number of carbonyl (C=O) groups excluding carboxylic acids is 1. The second-order valence-electron chi connectivity index (χ2n) is 8.55. The first-order chi connectivity index (χ1) is 18.3. The molecule has 0 fully saturated rings. The van der Waals surface area contributed by atoms with Crippen LogP contribution in [-0.2, 0) is 29.1 Å². The average Bonchev–Trinajstić information content (AvgIpc) is 3.21. The molecule has 0 unspecified atom stereocenters. The quantitative estimate of drug-likeness (QED) is 0.449. The van der Waals surface area contributed by atoms with E-state index in [-0.39, 0.29) is 31.1 Å². The van der Waals surface area contributed by atoms with E-state index >= 15 is 0 Å². The van der Waals surface area contributed by atoms with Crippen LogP contribution in [0.5, 0.6) is 0 Å². The van der Waals surface area contributed by atoms with Gasteiger partial charge < -0.3 is 10.8 Å². The number of benzene rings is 2. The number of para-hydroxylation sites is 1. The maximum atomic E-state index is 12.9. The molecule has 1 aliphatic heterocycles. The standard InChI is InChI=1S/C23H23F2N5O2.C2HF3O2/c1-15-4-2-6-17-8-9-20(31)30(21(15)17)19-7-3-5-16(10-19)12-28-14-27-29(23(28)32)13-18(11-26)22(24)25;3-2(4,5)1(6)7/h2-7,10,14H,8-9,11-13,26H2,1H3;(H,6,7). The van der Waals surface area contributed by atoms with Crippen LogP contribution in [0.15, 0.2) is 65.2 Å². The van der Waals surface area contributed by atoms with Crippen molar-refractivity contribution in [2.45, 2.75) is 39.0 Å². The Labute approximate surface area is 218 Å². The Morgan fingerprint density at radius 3 is 2.38 bits per heavy atom. The summed E-state index contributed by atoms with van der Waals surface area (Å²) in [5, 5.41) is 11.1. The predicted molar refractivity (Wildman–Crippen MR) is 131 cm³/mol. The fraction of sp³-hybridized carbons (Fsp3) is 0.280. The maximum Gasteiger partial charge on any atom is 0.490 e. The molecule has 3 N–H and O–H groups in total. The van der Waals surface area contributed by atoms with Crippen LogP contribution in [0, 0.1) is 6.92 Å². The van der Waals surface area contributed by atoms with Crippen molar-refractivity contribution in [1.29, 1.82) is 0 Å². The van der Waals surface area contributed by atoms with E-state index in [0.29, 0.717) is 12.8 Å². The van der Waals surface area contributed by atoms with E-state index in [4.69, 9.17) is 15.6 Å². The normalized spacial score (nSPS) is 12.9. The van der Waals surface area contributed by atoms with Gasteiger partial charge in [0.2, 0.25) is 5.91 Å². The molecule has 4 rings (SSSR count). The minimum atomic E-state index is -5.08. The molecule has 14 heteroatoms. The summed E-state index contributed by atoms with van der Waals surface area (Å²) in [6.07, 6.45) is -4.54. The number of carbonyl (C=O) groups is 2. The maximum absolute atomic E-state index is 12.9. The number of alkyl halides is 3. The first-order valence-electron chi connectivity index (χ1n) is 11.5. The number of carboxylic acid groups (broad SMARTS) is 1. The van der Waals surface area contributed by atoms with Crippen molar-refractivity contribution >= 4 is 23.3 Å². The van der Waals surface area contributed by atoms with Gasteiger partial charge in [0.05, 0.1) is 18.8 Å². The summed E-state index contributed by atoms with van der Waals surface area (Å²) >= 11 is 0. The highest BCUT2D eigenvalue weighted by Crippen LogP contribution is 2.37. The first kappa shape index (κ1) is 29.2. The molecule has 9 nitrogen and oxygen atoms in total. The number of anilines is 2. The lowest BCUT2D eigenvalue weighted by atomic mass is 9.97. The summed E-state index contributed by atoms with van der Waals surface area (Å²) in [5.41, 5.74) is 9.01. The molecular weight excluding hydrogens is 529 g/mol. The van der Waals surface area contributed by atoms with Crippen LogP contribution in [0.25, 0.3) is 0 Å². The number of carboxylic acids is 1. The van der Waals surface area contributed by atoms with E-state index in [0.717, 1.165) is 32.7 Å². The zero-order chi connectivity index (χ0) is 28.9. The third kappa shape index (κ3) is 6.96. The van der Waals surface area contributed by atoms with Crippen molar-refractivity contribution in [2.75, 3.05) is 11.4 Å². The lowest BCUT2D eigenvalue weighted by Crippen LogP contribution is -2.31. The topological polar surface area (TPSA) is 123 Å². The van der Waals surface area contributed by atoms with E-state index in [1.54, 1.807) is 4.90 Å². The van der Waals surface area contributed by atoms with Crippen molar-refractivity contribution in [2.24, 2.45) is 5.73 Å². The van der Waals surface area contributed by atoms with Gasteiger partial charge in [-0.1, -0.05) is 30.3 Å². The molecular formula is C25H24F5N5O4. The number of nitrogens with two attached hydrogens (primary N) is 1. The summed E-state index contributed by atoms with van der Waals surface area (Å²) < 4.78 is 59.8. The summed E-state index contributed by atoms with van der Waals surface area (Å²) in [7, 11) is 0. The predicted octanol–water partition coefficient (Wildman–Crippen LogP) is 3.76. The third-order valence-electron chi connectivity index (χ3n) is 5.82. The van der Waals surface area contributed by atoms with Crippen molar-refractivity contribution in [3.05, 3.63) is 87.6 Å². The zero-order valence-electron chi connectivity index (χ0n) is 20.6. The molecule has 0 aliphatic carbocycles. The van der Waals surface area contributed by atoms with Crippen LogP contribution >= 0.6 is 0 Å². The number of halogens is 5. The fourth-order valence-electron chi connectivity index (χ4n) is 3.95. The van der Waals surface area contributed by atoms with Gasteiger partial charge in [0.1, 0.15) is 6.33 Å². The van der Waals surface area contributed by atoms with Crippen LogP contribution in [0.3, 0.4) is 0 Å². The number of hydrogen-bond acceptors (Lipinski definition) is 5. The van der Waals surface area contributed by atoms with Gasteiger partial charge in [-0.3, -0.25) is 14.3 Å².